The molecule has 0 saturated carbocycles. The van der Waals surface area contributed by atoms with Crippen LogP contribution in [-0.2, 0) is 16.3 Å². The maximum Gasteiger partial charge on any atom is 0.150 e. The second-order valence-electron chi connectivity index (χ2n) is 5.50. The molecule has 2 rings (SSSR count). The molecule has 112 valence electrons. The van der Waals surface area contributed by atoms with E-state index in [1.807, 2.05) is 0 Å². The van der Waals surface area contributed by atoms with Crippen LogP contribution in [0.4, 0.5) is 5.69 Å². The summed E-state index contributed by atoms with van der Waals surface area (Å²) in [5, 5.41) is 3.48. The van der Waals surface area contributed by atoms with Gasteiger partial charge in [0.05, 0.1) is 11.5 Å². The molecular formula is C14H23N3O2S. The van der Waals surface area contributed by atoms with Gasteiger partial charge in [0.25, 0.3) is 0 Å². The third-order valence-corrected chi connectivity index (χ3v) is 5.67. The van der Waals surface area contributed by atoms with Crippen LogP contribution in [0.1, 0.15) is 25.3 Å². The van der Waals surface area contributed by atoms with Crippen LogP contribution < -0.4 is 11.1 Å². The molecule has 5 nitrogen and oxygen atoms in total. The van der Waals surface area contributed by atoms with Gasteiger partial charge in [0, 0.05) is 24.1 Å². The summed E-state index contributed by atoms with van der Waals surface area (Å²) in [6, 6.07) is 1.94. The Morgan fingerprint density at radius 3 is 2.95 bits per heavy atom. The number of anilines is 1. The maximum absolute atomic E-state index is 11.7. The monoisotopic (exact) mass is 297 g/mol. The van der Waals surface area contributed by atoms with Crippen LogP contribution in [0, 0.1) is 5.92 Å². The minimum absolute atomic E-state index is 0.152. The van der Waals surface area contributed by atoms with Crippen LogP contribution in [0.25, 0.3) is 0 Å². The molecule has 0 aliphatic carbocycles. The number of rotatable bonds is 6. The fourth-order valence-electron chi connectivity index (χ4n) is 2.72. The zero-order valence-electron chi connectivity index (χ0n) is 11.9. The molecule has 3 N–H and O–H groups in total. The highest BCUT2D eigenvalue weighted by molar-refractivity contribution is 7.91. The van der Waals surface area contributed by atoms with Gasteiger partial charge in [-0.05, 0) is 43.4 Å². The molecule has 0 spiro atoms. The molecule has 6 heteroatoms. The summed E-state index contributed by atoms with van der Waals surface area (Å²) in [7, 11) is -2.85. The van der Waals surface area contributed by atoms with Gasteiger partial charge in [0.2, 0.25) is 0 Å². The highest BCUT2D eigenvalue weighted by Crippen LogP contribution is 2.25. The Kier molecular flexibility index (Phi) is 4.99. The predicted octanol–water partition coefficient (Wildman–Crippen LogP) is 1.01. The number of nitrogens with two attached hydrogens (primary N) is 1. The van der Waals surface area contributed by atoms with Crippen molar-refractivity contribution in [2.75, 3.05) is 23.8 Å². The quantitative estimate of drug-likeness (QED) is 0.818. The second kappa shape index (κ2) is 6.54. The molecule has 1 aromatic rings. The molecule has 2 heterocycles. The second-order valence-corrected chi connectivity index (χ2v) is 7.73. The lowest BCUT2D eigenvalue weighted by atomic mass is 9.93. The highest BCUT2D eigenvalue weighted by Gasteiger charge is 2.33. The van der Waals surface area contributed by atoms with Gasteiger partial charge in [0.1, 0.15) is 0 Å². The Morgan fingerprint density at radius 2 is 2.35 bits per heavy atom. The van der Waals surface area contributed by atoms with Crippen LogP contribution in [0.2, 0.25) is 0 Å². The van der Waals surface area contributed by atoms with E-state index in [9.17, 15) is 8.42 Å². The van der Waals surface area contributed by atoms with Crippen molar-refractivity contribution in [2.45, 2.75) is 32.2 Å². The first-order valence-electron chi connectivity index (χ1n) is 7.14. The van der Waals surface area contributed by atoms with Crippen molar-refractivity contribution >= 4 is 15.5 Å². The predicted molar refractivity (Wildman–Crippen MR) is 81.2 cm³/mol. The van der Waals surface area contributed by atoms with Gasteiger partial charge >= 0.3 is 0 Å². The number of nitrogens with zero attached hydrogens (tertiary/aromatic N) is 1. The van der Waals surface area contributed by atoms with Gasteiger partial charge in [-0.1, -0.05) is 6.92 Å². The van der Waals surface area contributed by atoms with E-state index in [0.29, 0.717) is 5.75 Å². The van der Waals surface area contributed by atoms with Crippen LogP contribution in [0.15, 0.2) is 18.5 Å². The Morgan fingerprint density at radius 1 is 1.55 bits per heavy atom. The van der Waals surface area contributed by atoms with Crippen LogP contribution in [0.3, 0.4) is 0 Å². The van der Waals surface area contributed by atoms with E-state index in [4.69, 9.17) is 5.73 Å². The summed E-state index contributed by atoms with van der Waals surface area (Å²) < 4.78 is 23.3. The summed E-state index contributed by atoms with van der Waals surface area (Å²) in [5.41, 5.74) is 7.68. The summed E-state index contributed by atoms with van der Waals surface area (Å²) in [6.45, 7) is 3.00. The van der Waals surface area contributed by atoms with Crippen molar-refractivity contribution in [1.82, 2.24) is 10.3 Å². The smallest absolute Gasteiger partial charge is 0.150 e. The number of hydrogen-bond acceptors (Lipinski definition) is 5. The van der Waals surface area contributed by atoms with Crippen molar-refractivity contribution in [3.8, 4) is 0 Å². The van der Waals surface area contributed by atoms with Gasteiger partial charge < -0.3 is 11.1 Å². The number of hydrogen-bond donors (Lipinski definition) is 2. The van der Waals surface area contributed by atoms with E-state index in [1.54, 1.807) is 18.5 Å². The van der Waals surface area contributed by atoms with Gasteiger partial charge in [-0.25, -0.2) is 8.42 Å². The normalized spacial score (nSPS) is 22.8. The van der Waals surface area contributed by atoms with Crippen molar-refractivity contribution < 1.29 is 8.42 Å². The number of nitrogens with one attached hydrogen (secondary N) is 1. The largest absolute Gasteiger partial charge is 0.398 e. The first-order valence-corrected chi connectivity index (χ1v) is 8.96. The van der Waals surface area contributed by atoms with Crippen molar-refractivity contribution in [3.63, 3.8) is 0 Å². The zero-order chi connectivity index (χ0) is 14.6. The SMILES string of the molecule is CCCNC(Cc1cnccc1N)C1CCS(=O)(=O)C1. The lowest BCUT2D eigenvalue weighted by Crippen LogP contribution is -2.39. The molecular weight excluding hydrogens is 274 g/mol. The third kappa shape index (κ3) is 3.93. The molecule has 2 atom stereocenters. The minimum atomic E-state index is -2.85. The van der Waals surface area contributed by atoms with Crippen LogP contribution >= 0.6 is 0 Å². The molecule has 20 heavy (non-hydrogen) atoms. The molecule has 0 bridgehead atoms. The highest BCUT2D eigenvalue weighted by atomic mass is 32.2. The van der Waals surface area contributed by atoms with Gasteiger partial charge in [-0.2, -0.15) is 0 Å². The molecule has 0 radical (unpaired) electrons. The topological polar surface area (TPSA) is 85.1 Å². The molecule has 0 aromatic carbocycles. The van der Waals surface area contributed by atoms with E-state index in [1.165, 1.54) is 0 Å². The van der Waals surface area contributed by atoms with Gasteiger partial charge in [0.15, 0.2) is 9.84 Å². The van der Waals surface area contributed by atoms with Crippen molar-refractivity contribution in [1.29, 1.82) is 0 Å². The number of pyridine rings is 1. The molecule has 2 unspecified atom stereocenters. The standard InChI is InChI=1S/C14H23N3O2S/c1-2-5-17-14(11-4-7-20(18,19)10-11)8-12-9-16-6-3-13(12)15/h3,6,9,11,14,17H,2,4-5,7-8,10H2,1H3,(H2,15,16). The summed E-state index contributed by atoms with van der Waals surface area (Å²) in [4.78, 5) is 4.11. The molecule has 1 saturated heterocycles. The summed E-state index contributed by atoms with van der Waals surface area (Å²) in [5.74, 6) is 0.769. The fourth-order valence-corrected chi connectivity index (χ4v) is 4.60. The average Bonchev–Trinajstić information content (AvgIpc) is 2.77. The van der Waals surface area contributed by atoms with Crippen molar-refractivity contribution in [2.24, 2.45) is 5.92 Å². The van der Waals surface area contributed by atoms with Crippen LogP contribution in [0.5, 0.6) is 0 Å². The Hall–Kier alpha value is -1.14. The van der Waals surface area contributed by atoms with E-state index < -0.39 is 9.84 Å². The molecule has 1 aliphatic rings. The lowest BCUT2D eigenvalue weighted by molar-refractivity contribution is 0.379. The molecule has 1 fully saturated rings. The lowest BCUT2D eigenvalue weighted by Gasteiger charge is -2.24. The molecule has 0 amide bonds. The number of aromatic nitrogens is 1. The average molecular weight is 297 g/mol. The molecule has 1 aromatic heterocycles. The number of sulfone groups is 1. The van der Waals surface area contributed by atoms with Gasteiger partial charge in [-0.3, -0.25) is 4.98 Å². The zero-order valence-corrected chi connectivity index (χ0v) is 12.7. The third-order valence-electron chi connectivity index (χ3n) is 3.87. The Labute approximate surface area is 120 Å². The summed E-state index contributed by atoms with van der Waals surface area (Å²) in [6.07, 6.45) is 5.95. The van der Waals surface area contributed by atoms with E-state index in [-0.39, 0.29) is 17.7 Å². The minimum Gasteiger partial charge on any atom is -0.398 e. The van der Waals surface area contributed by atoms with E-state index >= 15 is 0 Å². The Bertz CT molecular complexity index is 545. The first-order chi connectivity index (χ1) is 9.52. The number of nitrogen functional groups attached to an aromatic ring is 1. The van der Waals surface area contributed by atoms with E-state index in [0.717, 1.165) is 37.1 Å². The summed E-state index contributed by atoms with van der Waals surface area (Å²) >= 11 is 0. The fraction of sp³-hybridized carbons (Fsp3) is 0.643. The maximum atomic E-state index is 11.7. The van der Waals surface area contributed by atoms with Gasteiger partial charge in [-0.15, -0.1) is 0 Å². The molecule has 1 aliphatic heterocycles. The van der Waals surface area contributed by atoms with Crippen LogP contribution in [-0.4, -0.2) is 37.5 Å². The Balaban J connectivity index is 2.10. The first kappa shape index (κ1) is 15.3. The van der Waals surface area contributed by atoms with Crippen molar-refractivity contribution in [3.05, 3.63) is 24.0 Å². The van der Waals surface area contributed by atoms with E-state index in [2.05, 4.69) is 17.2 Å².